The fourth-order valence-corrected chi connectivity index (χ4v) is 4.88. The highest BCUT2D eigenvalue weighted by molar-refractivity contribution is 5.69. The summed E-state index contributed by atoms with van der Waals surface area (Å²) in [7, 11) is 0. The first-order valence-electron chi connectivity index (χ1n) is 13.3. The van der Waals surface area contributed by atoms with Crippen LogP contribution in [0, 0.1) is 24.1 Å². The minimum absolute atomic E-state index is 0.0197. The number of hydrogen-bond acceptors (Lipinski definition) is 8. The molecule has 0 aliphatic carbocycles. The van der Waals surface area contributed by atoms with Crippen molar-refractivity contribution in [1.82, 2.24) is 34.3 Å². The number of alkyl halides is 2. The number of carbonyl (C=O) groups is 1. The van der Waals surface area contributed by atoms with Gasteiger partial charge in [0.05, 0.1) is 29.8 Å². The second-order valence-electron chi connectivity index (χ2n) is 11.0. The Morgan fingerprint density at radius 1 is 1.14 bits per heavy atom. The molecule has 0 bridgehead atoms. The molecule has 220 valence electrons. The van der Waals surface area contributed by atoms with E-state index in [-0.39, 0.29) is 35.1 Å². The van der Waals surface area contributed by atoms with Gasteiger partial charge in [-0.25, -0.2) is 27.6 Å². The van der Waals surface area contributed by atoms with Gasteiger partial charge in [0.15, 0.2) is 0 Å². The maximum atomic E-state index is 14.1. The number of aromatic nitrogens is 6. The van der Waals surface area contributed by atoms with Gasteiger partial charge < -0.3 is 14.4 Å². The lowest BCUT2D eigenvalue weighted by molar-refractivity contribution is 0.00488. The molecule has 1 unspecified atom stereocenters. The maximum absolute atomic E-state index is 14.1. The van der Waals surface area contributed by atoms with Crippen molar-refractivity contribution in [2.45, 2.75) is 64.7 Å². The molecule has 0 aromatic carbocycles. The number of carbonyl (C=O) groups excluding carboxylic acids is 1. The van der Waals surface area contributed by atoms with Crippen molar-refractivity contribution in [2.24, 2.45) is 0 Å². The van der Waals surface area contributed by atoms with Crippen LogP contribution in [0.15, 0.2) is 36.7 Å². The Bertz CT molecular complexity index is 1630. The van der Waals surface area contributed by atoms with Gasteiger partial charge in [-0.15, -0.1) is 5.10 Å². The normalized spacial score (nSPS) is 15.2. The summed E-state index contributed by atoms with van der Waals surface area (Å²) in [5.41, 5.74) is 1.28. The number of nitrogens with zero attached hydrogens (tertiary/aromatic N) is 8. The fourth-order valence-electron chi connectivity index (χ4n) is 4.88. The van der Waals surface area contributed by atoms with E-state index in [4.69, 9.17) is 9.47 Å². The van der Waals surface area contributed by atoms with E-state index in [1.807, 2.05) is 33.8 Å². The number of nitriles is 1. The van der Waals surface area contributed by atoms with Crippen LogP contribution in [0.3, 0.4) is 0 Å². The van der Waals surface area contributed by atoms with Crippen molar-refractivity contribution in [3.05, 3.63) is 59.6 Å². The van der Waals surface area contributed by atoms with Gasteiger partial charge in [0.1, 0.15) is 34.5 Å². The highest BCUT2D eigenvalue weighted by atomic mass is 19.3. The molecule has 1 saturated heterocycles. The van der Waals surface area contributed by atoms with E-state index in [0.717, 1.165) is 24.0 Å². The summed E-state index contributed by atoms with van der Waals surface area (Å²) in [5.74, 6) is -0.765. The molecule has 42 heavy (non-hydrogen) atoms. The summed E-state index contributed by atoms with van der Waals surface area (Å²) in [6, 6.07) is 7.25. The number of fused-ring (bicyclic) bond motifs is 1. The van der Waals surface area contributed by atoms with Crippen LogP contribution in [-0.4, -0.2) is 65.5 Å². The summed E-state index contributed by atoms with van der Waals surface area (Å²) in [6.07, 6.45) is -1.78. The summed E-state index contributed by atoms with van der Waals surface area (Å²) < 4.78 is 56.0. The monoisotopic (exact) mass is 582 g/mol. The third-order valence-corrected chi connectivity index (χ3v) is 6.87. The molecule has 4 aromatic rings. The summed E-state index contributed by atoms with van der Waals surface area (Å²) in [4.78, 5) is 22.1. The third-order valence-electron chi connectivity index (χ3n) is 6.87. The molecule has 0 spiro atoms. The molecule has 1 aliphatic rings. The van der Waals surface area contributed by atoms with Crippen molar-refractivity contribution in [2.75, 3.05) is 13.1 Å². The lowest BCUT2D eigenvalue weighted by Gasteiger charge is -2.33. The number of imidazole rings is 1. The van der Waals surface area contributed by atoms with Crippen LogP contribution in [0.1, 0.15) is 62.8 Å². The lowest BCUT2D eigenvalue weighted by Crippen LogP contribution is -2.42. The Kier molecular flexibility index (Phi) is 7.77. The number of pyridine rings is 2. The van der Waals surface area contributed by atoms with E-state index in [2.05, 4.69) is 20.3 Å². The molecule has 1 fully saturated rings. The average Bonchev–Trinajstić information content (AvgIpc) is 3.54. The Labute approximate surface area is 239 Å². The van der Waals surface area contributed by atoms with E-state index in [9.17, 15) is 23.2 Å². The zero-order valence-corrected chi connectivity index (χ0v) is 23.5. The number of piperidine rings is 1. The number of halogens is 3. The standard InChI is InChI=1S/C28H29F3N8O3/c1-16-24(35-36-39(16)19-7-9-37(10-8-19)27(40)42-28(2,3)4)17-11-22-34-15-20(13-32)38(22)23(12-17)41-25(26(30)31)21-6-5-18(29)14-33-21/h5-6,11-12,14-15,19,25-26H,7-10H2,1-4H3. The second-order valence-corrected chi connectivity index (χ2v) is 11.0. The van der Waals surface area contributed by atoms with Crippen molar-refractivity contribution < 1.29 is 27.4 Å². The lowest BCUT2D eigenvalue weighted by atomic mass is 10.0. The zero-order chi connectivity index (χ0) is 30.2. The molecule has 1 amide bonds. The van der Waals surface area contributed by atoms with Crippen molar-refractivity contribution in [3.63, 3.8) is 0 Å². The van der Waals surface area contributed by atoms with Gasteiger partial charge in [-0.2, -0.15) is 5.26 Å². The molecule has 1 aliphatic heterocycles. The maximum Gasteiger partial charge on any atom is 0.410 e. The van der Waals surface area contributed by atoms with Gasteiger partial charge in [0.25, 0.3) is 6.43 Å². The quantitative estimate of drug-likeness (QED) is 0.302. The molecule has 5 rings (SSSR count). The van der Waals surface area contributed by atoms with E-state index < -0.39 is 23.9 Å². The minimum Gasteiger partial charge on any atom is -0.463 e. The largest absolute Gasteiger partial charge is 0.463 e. The molecule has 0 radical (unpaired) electrons. The number of amides is 1. The molecule has 0 N–H and O–H groups in total. The number of hydrogen-bond donors (Lipinski definition) is 0. The zero-order valence-electron chi connectivity index (χ0n) is 23.5. The number of ether oxygens (including phenoxy) is 2. The minimum atomic E-state index is -3.01. The smallest absolute Gasteiger partial charge is 0.410 e. The van der Waals surface area contributed by atoms with Crippen LogP contribution >= 0.6 is 0 Å². The highest BCUT2D eigenvalue weighted by Crippen LogP contribution is 2.34. The first-order valence-corrected chi connectivity index (χ1v) is 13.3. The van der Waals surface area contributed by atoms with Gasteiger partial charge in [0.2, 0.25) is 12.0 Å². The fraction of sp³-hybridized carbons (Fsp3) is 0.429. The van der Waals surface area contributed by atoms with Gasteiger partial charge in [-0.05, 0) is 58.7 Å². The Balaban J connectivity index is 1.44. The molecule has 11 nitrogen and oxygen atoms in total. The first kappa shape index (κ1) is 28.8. The summed E-state index contributed by atoms with van der Waals surface area (Å²) in [5, 5.41) is 18.3. The van der Waals surface area contributed by atoms with E-state index in [1.54, 1.807) is 15.6 Å². The Morgan fingerprint density at radius 2 is 1.88 bits per heavy atom. The van der Waals surface area contributed by atoms with Crippen LogP contribution < -0.4 is 4.74 Å². The van der Waals surface area contributed by atoms with Crippen LogP contribution in [0.2, 0.25) is 0 Å². The predicted molar refractivity (Wildman–Crippen MR) is 143 cm³/mol. The third kappa shape index (κ3) is 5.86. The van der Waals surface area contributed by atoms with Gasteiger partial charge in [0, 0.05) is 24.7 Å². The van der Waals surface area contributed by atoms with Crippen LogP contribution in [0.5, 0.6) is 5.88 Å². The Hall–Kier alpha value is -4.67. The number of likely N-dealkylation sites (tertiary alicyclic amines) is 1. The van der Waals surface area contributed by atoms with Crippen LogP contribution in [0.4, 0.5) is 18.0 Å². The van der Waals surface area contributed by atoms with Crippen LogP contribution in [-0.2, 0) is 4.74 Å². The highest BCUT2D eigenvalue weighted by Gasteiger charge is 2.31. The number of rotatable bonds is 6. The predicted octanol–water partition coefficient (Wildman–Crippen LogP) is 5.26. The SMILES string of the molecule is Cc1c(-c2cc(OC(c3ccc(F)cn3)C(F)F)n3c(C#N)cnc3c2)nnn1C1CCN(C(=O)OC(C)(C)C)CC1. The van der Waals surface area contributed by atoms with Crippen molar-refractivity contribution in [3.8, 4) is 23.2 Å². The van der Waals surface area contributed by atoms with Gasteiger partial charge in [-0.3, -0.25) is 9.38 Å². The molecular formula is C28H29F3N8O3. The van der Waals surface area contributed by atoms with Crippen molar-refractivity contribution >= 4 is 11.7 Å². The van der Waals surface area contributed by atoms with E-state index in [1.165, 1.54) is 16.7 Å². The molecule has 4 aromatic heterocycles. The van der Waals surface area contributed by atoms with Crippen molar-refractivity contribution in [1.29, 1.82) is 5.26 Å². The average molecular weight is 583 g/mol. The summed E-state index contributed by atoms with van der Waals surface area (Å²) in [6.45, 7) is 8.30. The van der Waals surface area contributed by atoms with E-state index >= 15 is 0 Å². The van der Waals surface area contributed by atoms with Gasteiger partial charge >= 0.3 is 6.09 Å². The molecular weight excluding hydrogens is 553 g/mol. The molecule has 0 saturated carbocycles. The first-order chi connectivity index (χ1) is 19.9. The molecule has 5 heterocycles. The second kappa shape index (κ2) is 11.3. The van der Waals surface area contributed by atoms with Crippen LogP contribution in [0.25, 0.3) is 16.9 Å². The molecule has 1 atom stereocenters. The summed E-state index contributed by atoms with van der Waals surface area (Å²) >= 11 is 0. The van der Waals surface area contributed by atoms with Gasteiger partial charge in [-0.1, -0.05) is 5.21 Å². The van der Waals surface area contributed by atoms with E-state index in [0.29, 0.717) is 37.2 Å². The Morgan fingerprint density at radius 3 is 2.50 bits per heavy atom. The molecule has 14 heteroatoms. The topological polar surface area (TPSA) is 123 Å².